The molecule has 1 aliphatic rings. The van der Waals surface area contributed by atoms with E-state index < -0.39 is 36.5 Å². The lowest BCUT2D eigenvalue weighted by Gasteiger charge is -2.31. The first-order chi connectivity index (χ1) is 12.8. The number of halogens is 2. The molecule has 0 spiro atoms. The number of esters is 1. The van der Waals surface area contributed by atoms with Gasteiger partial charge in [0.1, 0.15) is 12.1 Å². The molecule has 1 aromatic carbocycles. The number of nitrogens with one attached hydrogen (secondary N) is 2. The largest absolute Gasteiger partial charge is 0.454 e. The number of hydrogen-bond acceptors (Lipinski definition) is 5. The average molecular weight is 412 g/mol. The second-order valence-corrected chi connectivity index (χ2v) is 7.11. The van der Waals surface area contributed by atoms with Crippen molar-refractivity contribution in [3.63, 3.8) is 0 Å². The van der Waals surface area contributed by atoms with Crippen LogP contribution in [0.15, 0.2) is 18.2 Å². The van der Waals surface area contributed by atoms with Crippen LogP contribution in [0.5, 0.6) is 0 Å². The summed E-state index contributed by atoms with van der Waals surface area (Å²) >= 11 is 11.7. The molecule has 1 aromatic rings. The van der Waals surface area contributed by atoms with Crippen LogP contribution in [0.3, 0.4) is 0 Å². The van der Waals surface area contributed by atoms with E-state index in [4.69, 9.17) is 27.9 Å². The van der Waals surface area contributed by atoms with E-state index in [0.29, 0.717) is 17.9 Å². The second-order valence-electron chi connectivity index (χ2n) is 6.27. The minimum Gasteiger partial charge on any atom is -0.454 e. The quantitative estimate of drug-likeness (QED) is 0.699. The van der Waals surface area contributed by atoms with Crippen LogP contribution in [0.1, 0.15) is 42.5 Å². The first-order valence-electron chi connectivity index (χ1n) is 8.46. The van der Waals surface area contributed by atoms with Gasteiger partial charge in [-0.3, -0.25) is 14.4 Å². The molecular formula is C18H19Cl2N3O4. The molecule has 144 valence electrons. The molecule has 0 atom stereocenters. The standard InChI is InChI=1S/C18H19Cl2N3O4/c19-12-4-5-13(14(20)8-12)17(26)22-9-16(25)27-10-15(24)23-18(11-21)6-2-1-3-7-18/h4-5,8H,1-3,6-7,9-10H2,(H,22,26)(H,23,24). The summed E-state index contributed by atoms with van der Waals surface area (Å²) in [6.07, 6.45) is 3.94. The minimum atomic E-state index is -0.888. The summed E-state index contributed by atoms with van der Waals surface area (Å²) < 4.78 is 4.84. The smallest absolute Gasteiger partial charge is 0.325 e. The number of carbonyl (C=O) groups excluding carboxylic acids is 3. The maximum Gasteiger partial charge on any atom is 0.325 e. The summed E-state index contributed by atoms with van der Waals surface area (Å²) in [6.45, 7) is -0.936. The predicted octanol–water partition coefficient (Wildman–Crippen LogP) is 2.61. The van der Waals surface area contributed by atoms with Crippen molar-refractivity contribution in [3.8, 4) is 6.07 Å². The molecule has 0 radical (unpaired) electrons. The third kappa shape index (κ3) is 6.12. The Hall–Kier alpha value is -2.30. The zero-order valence-corrected chi connectivity index (χ0v) is 16.0. The summed E-state index contributed by atoms with van der Waals surface area (Å²) in [4.78, 5) is 35.7. The van der Waals surface area contributed by atoms with Crippen LogP contribution >= 0.6 is 23.2 Å². The van der Waals surface area contributed by atoms with Gasteiger partial charge in [0.05, 0.1) is 16.7 Å². The zero-order chi connectivity index (χ0) is 19.9. The number of nitrogens with zero attached hydrogens (tertiary/aromatic N) is 1. The highest BCUT2D eigenvalue weighted by Crippen LogP contribution is 2.27. The SMILES string of the molecule is N#CC1(NC(=O)COC(=O)CNC(=O)c2ccc(Cl)cc2Cl)CCCCC1. The molecule has 0 aliphatic heterocycles. The van der Waals surface area contributed by atoms with Gasteiger partial charge < -0.3 is 15.4 Å². The molecule has 1 saturated carbocycles. The first-order valence-corrected chi connectivity index (χ1v) is 9.22. The lowest BCUT2D eigenvalue weighted by atomic mass is 9.83. The van der Waals surface area contributed by atoms with Crippen LogP contribution in [-0.4, -0.2) is 36.5 Å². The van der Waals surface area contributed by atoms with Crippen molar-refractivity contribution in [2.75, 3.05) is 13.2 Å². The van der Waals surface area contributed by atoms with Crippen molar-refractivity contribution in [2.45, 2.75) is 37.6 Å². The molecular weight excluding hydrogens is 393 g/mol. The molecule has 0 bridgehead atoms. The van der Waals surface area contributed by atoms with Crippen molar-refractivity contribution in [3.05, 3.63) is 33.8 Å². The lowest BCUT2D eigenvalue weighted by Crippen LogP contribution is -2.50. The van der Waals surface area contributed by atoms with Crippen LogP contribution in [0.25, 0.3) is 0 Å². The molecule has 2 N–H and O–H groups in total. The number of amides is 2. The van der Waals surface area contributed by atoms with E-state index in [-0.39, 0.29) is 10.6 Å². The van der Waals surface area contributed by atoms with Crippen LogP contribution < -0.4 is 10.6 Å². The monoisotopic (exact) mass is 411 g/mol. The molecule has 0 saturated heterocycles. The van der Waals surface area contributed by atoms with E-state index in [0.717, 1.165) is 19.3 Å². The van der Waals surface area contributed by atoms with Crippen molar-refractivity contribution < 1.29 is 19.1 Å². The Bertz CT molecular complexity index is 770. The number of hydrogen-bond donors (Lipinski definition) is 2. The Morgan fingerprint density at radius 3 is 2.52 bits per heavy atom. The van der Waals surface area contributed by atoms with Crippen molar-refractivity contribution in [1.82, 2.24) is 10.6 Å². The molecule has 1 fully saturated rings. The van der Waals surface area contributed by atoms with E-state index in [2.05, 4.69) is 16.7 Å². The fraction of sp³-hybridized carbons (Fsp3) is 0.444. The van der Waals surface area contributed by atoms with Gasteiger partial charge in [0.15, 0.2) is 6.61 Å². The summed E-state index contributed by atoms with van der Waals surface area (Å²) in [7, 11) is 0. The molecule has 27 heavy (non-hydrogen) atoms. The van der Waals surface area contributed by atoms with E-state index in [1.165, 1.54) is 18.2 Å². The highest BCUT2D eigenvalue weighted by Gasteiger charge is 2.33. The zero-order valence-electron chi connectivity index (χ0n) is 14.5. The lowest BCUT2D eigenvalue weighted by molar-refractivity contribution is -0.148. The Kier molecular flexibility index (Phi) is 7.45. The third-order valence-electron chi connectivity index (χ3n) is 4.23. The first kappa shape index (κ1) is 21.0. The number of nitriles is 1. The van der Waals surface area contributed by atoms with Crippen molar-refractivity contribution in [2.24, 2.45) is 0 Å². The fourth-order valence-corrected chi connectivity index (χ4v) is 3.34. The molecule has 0 aromatic heterocycles. The maximum absolute atomic E-state index is 12.0. The number of ether oxygens (including phenoxy) is 1. The van der Waals surface area contributed by atoms with E-state index >= 15 is 0 Å². The van der Waals surface area contributed by atoms with Gasteiger partial charge >= 0.3 is 5.97 Å². The summed E-state index contributed by atoms with van der Waals surface area (Å²) in [6, 6.07) is 6.50. The molecule has 7 nitrogen and oxygen atoms in total. The Morgan fingerprint density at radius 1 is 1.19 bits per heavy atom. The highest BCUT2D eigenvalue weighted by molar-refractivity contribution is 6.36. The molecule has 1 aliphatic carbocycles. The van der Waals surface area contributed by atoms with Gasteiger partial charge in [-0.1, -0.05) is 42.5 Å². The Balaban J connectivity index is 1.76. The molecule has 0 unspecified atom stereocenters. The van der Waals surface area contributed by atoms with Crippen LogP contribution in [0.2, 0.25) is 10.0 Å². The summed E-state index contributed by atoms with van der Waals surface area (Å²) in [5, 5.41) is 14.9. The number of carbonyl (C=O) groups is 3. The van der Waals surface area contributed by atoms with E-state index in [1.54, 1.807) is 0 Å². The van der Waals surface area contributed by atoms with Crippen molar-refractivity contribution in [1.29, 1.82) is 5.26 Å². The predicted molar refractivity (Wildman–Crippen MR) is 99.3 cm³/mol. The number of benzene rings is 1. The molecule has 0 heterocycles. The molecule has 2 amide bonds. The molecule has 9 heteroatoms. The van der Waals surface area contributed by atoms with Crippen LogP contribution in [-0.2, 0) is 14.3 Å². The van der Waals surface area contributed by atoms with Gasteiger partial charge in [-0.15, -0.1) is 0 Å². The Labute approximate surface area is 167 Å². The average Bonchev–Trinajstić information content (AvgIpc) is 2.65. The van der Waals surface area contributed by atoms with Gasteiger partial charge in [-0.2, -0.15) is 5.26 Å². The van der Waals surface area contributed by atoms with Crippen LogP contribution in [0, 0.1) is 11.3 Å². The molecule has 2 rings (SSSR count). The highest BCUT2D eigenvalue weighted by atomic mass is 35.5. The topological polar surface area (TPSA) is 108 Å². The Morgan fingerprint density at radius 2 is 1.89 bits per heavy atom. The van der Waals surface area contributed by atoms with Gasteiger partial charge in [-0.05, 0) is 31.0 Å². The minimum absolute atomic E-state index is 0.155. The normalized spacial score (nSPS) is 15.3. The number of rotatable bonds is 6. The van der Waals surface area contributed by atoms with E-state index in [9.17, 15) is 19.6 Å². The van der Waals surface area contributed by atoms with Crippen molar-refractivity contribution >= 4 is 41.0 Å². The second kappa shape index (κ2) is 9.58. The van der Waals surface area contributed by atoms with Gasteiger partial charge in [0, 0.05) is 5.02 Å². The third-order valence-corrected chi connectivity index (χ3v) is 4.78. The van der Waals surface area contributed by atoms with Crippen LogP contribution in [0.4, 0.5) is 0 Å². The van der Waals surface area contributed by atoms with Gasteiger partial charge in [0.25, 0.3) is 11.8 Å². The summed E-state index contributed by atoms with van der Waals surface area (Å²) in [5.74, 6) is -1.89. The van der Waals surface area contributed by atoms with Gasteiger partial charge in [0.2, 0.25) is 0 Å². The maximum atomic E-state index is 12.0. The van der Waals surface area contributed by atoms with Gasteiger partial charge in [-0.25, -0.2) is 0 Å². The van der Waals surface area contributed by atoms with E-state index in [1.807, 2.05) is 0 Å². The summed E-state index contributed by atoms with van der Waals surface area (Å²) in [5.41, 5.74) is -0.721. The fourth-order valence-electron chi connectivity index (χ4n) is 2.84.